The van der Waals surface area contributed by atoms with E-state index >= 15 is 0 Å². The van der Waals surface area contributed by atoms with Gasteiger partial charge in [-0.15, -0.1) is 0 Å². The highest BCUT2D eigenvalue weighted by Crippen LogP contribution is 2.41. The van der Waals surface area contributed by atoms with Crippen LogP contribution in [0.1, 0.15) is 19.4 Å². The highest BCUT2D eigenvalue weighted by Gasteiger charge is 2.28. The minimum absolute atomic E-state index is 0.697. The molecule has 0 bridgehead atoms. The summed E-state index contributed by atoms with van der Waals surface area (Å²) >= 11 is 0. The highest BCUT2D eigenvalue weighted by atomic mass is 15.4. The molecule has 0 amide bonds. The number of rotatable bonds is 3. The molecule has 0 saturated carbocycles. The molecular weight excluding hydrogens is 222 g/mol. The Kier molecular flexibility index (Phi) is 3.38. The molecule has 0 N–H and O–H groups in total. The topological polar surface area (TPSA) is 30.3 Å². The zero-order valence-corrected chi connectivity index (χ0v) is 10.8. The maximum Gasteiger partial charge on any atom is 0.113 e. The second-order valence-corrected chi connectivity index (χ2v) is 4.06. The van der Waals surface area contributed by atoms with Gasteiger partial charge >= 0.3 is 0 Å². The normalized spacial score (nSPS) is 15.7. The Hall–Kier alpha value is -2.21. The van der Waals surface area contributed by atoms with Crippen molar-refractivity contribution < 1.29 is 0 Å². The van der Waals surface area contributed by atoms with Gasteiger partial charge in [0.15, 0.2) is 0 Å². The first-order valence-corrected chi connectivity index (χ1v) is 6.18. The summed E-state index contributed by atoms with van der Waals surface area (Å²) in [6, 6.07) is 8.03. The molecule has 2 rings (SSSR count). The quantitative estimate of drug-likeness (QED) is 0.811. The lowest BCUT2D eigenvalue weighted by molar-refractivity contribution is 0.899. The van der Waals surface area contributed by atoms with E-state index in [1.807, 2.05) is 24.3 Å². The standard InChI is InChI=1S/C15H17N3/c1-4-7-15-17(5-2)13-9-8-12(11-16)10-14(13)18(15)6-3/h4,7-10H,1,5-6H2,2-3H3. The number of hydrogen-bond acceptors (Lipinski definition) is 3. The van der Waals surface area contributed by atoms with Crippen LogP contribution in [0.2, 0.25) is 0 Å². The Morgan fingerprint density at radius 3 is 2.44 bits per heavy atom. The SMILES string of the molecule is C=CC=C1N(CC)c2ccc(C#N)cc2N1CC. The molecule has 18 heavy (non-hydrogen) atoms. The van der Waals surface area contributed by atoms with Gasteiger partial charge in [0.1, 0.15) is 5.82 Å². The van der Waals surface area contributed by atoms with Crippen LogP contribution in [-0.2, 0) is 0 Å². The fourth-order valence-electron chi connectivity index (χ4n) is 2.38. The Morgan fingerprint density at radius 1 is 1.22 bits per heavy atom. The molecule has 1 heterocycles. The van der Waals surface area contributed by atoms with E-state index in [1.54, 1.807) is 6.08 Å². The zero-order valence-electron chi connectivity index (χ0n) is 10.8. The average Bonchev–Trinajstić information content (AvgIpc) is 2.70. The van der Waals surface area contributed by atoms with Crippen molar-refractivity contribution in [1.29, 1.82) is 5.26 Å². The summed E-state index contributed by atoms with van der Waals surface area (Å²) in [4.78, 5) is 4.45. The molecule has 0 saturated heterocycles. The van der Waals surface area contributed by atoms with E-state index in [0.29, 0.717) is 5.56 Å². The van der Waals surface area contributed by atoms with Crippen LogP contribution in [0.4, 0.5) is 11.4 Å². The Bertz CT molecular complexity index is 537. The minimum atomic E-state index is 0.697. The van der Waals surface area contributed by atoms with Gasteiger partial charge in [-0.3, -0.25) is 0 Å². The van der Waals surface area contributed by atoms with Crippen molar-refractivity contribution in [3.8, 4) is 6.07 Å². The summed E-state index contributed by atoms with van der Waals surface area (Å²) in [6.07, 6.45) is 3.82. The van der Waals surface area contributed by atoms with Gasteiger partial charge in [0.25, 0.3) is 0 Å². The van der Waals surface area contributed by atoms with Gasteiger partial charge in [-0.05, 0) is 38.1 Å². The molecular formula is C15H17N3. The Balaban J connectivity index is 2.59. The van der Waals surface area contributed by atoms with Gasteiger partial charge in [-0.25, -0.2) is 0 Å². The van der Waals surface area contributed by atoms with Gasteiger partial charge in [-0.1, -0.05) is 12.7 Å². The monoisotopic (exact) mass is 239 g/mol. The van der Waals surface area contributed by atoms with E-state index in [9.17, 15) is 0 Å². The summed E-state index contributed by atoms with van der Waals surface area (Å²) in [5.41, 5.74) is 2.96. The average molecular weight is 239 g/mol. The van der Waals surface area contributed by atoms with Crippen LogP contribution in [0, 0.1) is 11.3 Å². The summed E-state index contributed by atoms with van der Waals surface area (Å²) in [5.74, 6) is 1.13. The van der Waals surface area contributed by atoms with Gasteiger partial charge in [-0.2, -0.15) is 5.26 Å². The van der Waals surface area contributed by atoms with Crippen LogP contribution >= 0.6 is 0 Å². The number of anilines is 2. The number of fused-ring (bicyclic) bond motifs is 1. The number of benzene rings is 1. The third-order valence-corrected chi connectivity index (χ3v) is 3.14. The molecule has 1 aliphatic rings. The van der Waals surface area contributed by atoms with E-state index in [0.717, 1.165) is 30.3 Å². The van der Waals surface area contributed by atoms with E-state index in [1.165, 1.54) is 0 Å². The van der Waals surface area contributed by atoms with E-state index < -0.39 is 0 Å². The predicted octanol–water partition coefficient (Wildman–Crippen LogP) is 3.25. The maximum atomic E-state index is 9.01. The Morgan fingerprint density at radius 2 is 1.89 bits per heavy atom. The Labute approximate surface area is 108 Å². The fourth-order valence-corrected chi connectivity index (χ4v) is 2.38. The van der Waals surface area contributed by atoms with E-state index in [2.05, 4.69) is 36.3 Å². The maximum absolute atomic E-state index is 9.01. The van der Waals surface area contributed by atoms with E-state index in [-0.39, 0.29) is 0 Å². The molecule has 0 atom stereocenters. The minimum Gasteiger partial charge on any atom is -0.326 e. The number of hydrogen-bond donors (Lipinski definition) is 0. The van der Waals surface area contributed by atoms with Crippen molar-refractivity contribution in [2.24, 2.45) is 0 Å². The first-order valence-electron chi connectivity index (χ1n) is 6.18. The van der Waals surface area contributed by atoms with Crippen molar-refractivity contribution in [2.75, 3.05) is 22.9 Å². The smallest absolute Gasteiger partial charge is 0.113 e. The second-order valence-electron chi connectivity index (χ2n) is 4.06. The fraction of sp³-hybridized carbons (Fsp3) is 0.267. The predicted molar refractivity (Wildman–Crippen MR) is 75.5 cm³/mol. The largest absolute Gasteiger partial charge is 0.326 e. The van der Waals surface area contributed by atoms with E-state index in [4.69, 9.17) is 5.26 Å². The van der Waals surface area contributed by atoms with Gasteiger partial charge in [0.05, 0.1) is 23.0 Å². The van der Waals surface area contributed by atoms with Crippen LogP contribution in [0.15, 0.2) is 42.8 Å². The van der Waals surface area contributed by atoms with Crippen LogP contribution in [0.5, 0.6) is 0 Å². The number of nitrogens with zero attached hydrogens (tertiary/aromatic N) is 3. The van der Waals surface area contributed by atoms with Crippen molar-refractivity contribution in [3.05, 3.63) is 48.3 Å². The third-order valence-electron chi connectivity index (χ3n) is 3.14. The van der Waals surface area contributed by atoms with Crippen molar-refractivity contribution in [3.63, 3.8) is 0 Å². The molecule has 1 aliphatic heterocycles. The first-order chi connectivity index (χ1) is 8.76. The van der Waals surface area contributed by atoms with Gasteiger partial charge < -0.3 is 9.80 Å². The molecule has 1 aromatic carbocycles. The van der Waals surface area contributed by atoms with Crippen molar-refractivity contribution in [1.82, 2.24) is 0 Å². The molecule has 0 spiro atoms. The van der Waals surface area contributed by atoms with Gasteiger partial charge in [0, 0.05) is 13.1 Å². The lowest BCUT2D eigenvalue weighted by atomic mass is 10.2. The van der Waals surface area contributed by atoms with Gasteiger partial charge in [0.2, 0.25) is 0 Å². The van der Waals surface area contributed by atoms with Crippen LogP contribution < -0.4 is 9.80 Å². The molecule has 0 aromatic heterocycles. The number of nitriles is 1. The molecule has 92 valence electrons. The van der Waals surface area contributed by atoms with Crippen molar-refractivity contribution in [2.45, 2.75) is 13.8 Å². The molecule has 0 radical (unpaired) electrons. The summed E-state index contributed by atoms with van der Waals surface area (Å²) in [7, 11) is 0. The summed E-state index contributed by atoms with van der Waals surface area (Å²) in [6.45, 7) is 9.78. The lowest BCUT2D eigenvalue weighted by Crippen LogP contribution is -2.27. The molecule has 0 aliphatic carbocycles. The molecule has 0 unspecified atom stereocenters. The summed E-state index contributed by atoms with van der Waals surface area (Å²) < 4.78 is 0. The molecule has 1 aromatic rings. The van der Waals surface area contributed by atoms with Crippen molar-refractivity contribution >= 4 is 11.4 Å². The third kappa shape index (κ3) is 1.76. The molecule has 0 fully saturated rings. The molecule has 3 nitrogen and oxygen atoms in total. The lowest BCUT2D eigenvalue weighted by Gasteiger charge is -2.22. The van der Waals surface area contributed by atoms with Crippen LogP contribution in [0.3, 0.4) is 0 Å². The highest BCUT2D eigenvalue weighted by molar-refractivity contribution is 5.83. The van der Waals surface area contributed by atoms with Crippen LogP contribution in [0.25, 0.3) is 0 Å². The summed E-state index contributed by atoms with van der Waals surface area (Å²) in [5, 5.41) is 9.01. The zero-order chi connectivity index (χ0) is 13.1. The second kappa shape index (κ2) is 4.97. The first kappa shape index (κ1) is 12.3. The van der Waals surface area contributed by atoms with Crippen LogP contribution in [-0.4, -0.2) is 13.1 Å². The number of allylic oxidation sites excluding steroid dienone is 2. The molecule has 3 heteroatoms.